The lowest BCUT2D eigenvalue weighted by Gasteiger charge is -2.31. The number of rotatable bonds is 6. The lowest BCUT2D eigenvalue weighted by atomic mass is 9.97. The summed E-state index contributed by atoms with van der Waals surface area (Å²) < 4.78 is 0. The van der Waals surface area contributed by atoms with Gasteiger partial charge >= 0.3 is 0 Å². The van der Waals surface area contributed by atoms with E-state index in [1.54, 1.807) is 11.4 Å². The molecule has 33 heavy (non-hydrogen) atoms. The average molecular weight is 503 g/mol. The number of carbonyl (C=O) groups excluding carboxylic acids is 3. The Kier molecular flexibility index (Phi) is 7.74. The van der Waals surface area contributed by atoms with E-state index in [0.717, 1.165) is 29.0 Å². The van der Waals surface area contributed by atoms with Crippen LogP contribution in [0.5, 0.6) is 0 Å². The number of nitrogens with one attached hydrogen (secondary N) is 2. The Morgan fingerprint density at radius 1 is 1.06 bits per heavy atom. The standard InChI is InChI=1S/C23H23ClN4O3S2/c24-18-4-2-1-3-17(18)12-21(30)28-8-5-16(6-9-28)23-25-19(14-33-23)22(31)27-26-20(29)11-15-7-10-32-13-15/h1-4,7,10,13-14,16H,5-6,8-9,11-12H2,(H,26,29)(H,27,31). The number of thiazole rings is 1. The molecule has 1 aromatic carbocycles. The first-order valence-electron chi connectivity index (χ1n) is 10.6. The Bertz CT molecular complexity index is 1120. The SMILES string of the molecule is O=C(Cc1ccsc1)NNC(=O)c1csc(C2CCN(C(=O)Cc3ccccc3Cl)CC2)n1. The van der Waals surface area contributed by atoms with Crippen molar-refractivity contribution < 1.29 is 14.4 Å². The number of nitrogens with zero attached hydrogens (tertiary/aromatic N) is 2. The van der Waals surface area contributed by atoms with Gasteiger partial charge in [0.2, 0.25) is 11.8 Å². The van der Waals surface area contributed by atoms with Crippen LogP contribution in [0.1, 0.15) is 45.4 Å². The third-order valence-electron chi connectivity index (χ3n) is 5.51. The van der Waals surface area contributed by atoms with E-state index >= 15 is 0 Å². The molecule has 10 heteroatoms. The summed E-state index contributed by atoms with van der Waals surface area (Å²) in [7, 11) is 0. The number of hydrogen-bond acceptors (Lipinski definition) is 6. The molecule has 172 valence electrons. The minimum absolute atomic E-state index is 0.0685. The fourth-order valence-electron chi connectivity index (χ4n) is 3.69. The lowest BCUT2D eigenvalue weighted by molar-refractivity contribution is -0.131. The van der Waals surface area contributed by atoms with E-state index in [-0.39, 0.29) is 29.8 Å². The molecule has 4 rings (SSSR count). The van der Waals surface area contributed by atoms with Gasteiger partial charge < -0.3 is 4.90 Å². The normalized spacial score (nSPS) is 14.2. The number of amides is 3. The molecule has 7 nitrogen and oxygen atoms in total. The van der Waals surface area contributed by atoms with Crippen LogP contribution in [0.3, 0.4) is 0 Å². The van der Waals surface area contributed by atoms with E-state index in [1.165, 1.54) is 22.7 Å². The molecular weight excluding hydrogens is 480 g/mol. The predicted molar refractivity (Wildman–Crippen MR) is 129 cm³/mol. The lowest BCUT2D eigenvalue weighted by Crippen LogP contribution is -2.42. The highest BCUT2D eigenvalue weighted by molar-refractivity contribution is 7.10. The van der Waals surface area contributed by atoms with Crippen molar-refractivity contribution in [1.82, 2.24) is 20.7 Å². The molecule has 2 N–H and O–H groups in total. The molecule has 0 spiro atoms. The van der Waals surface area contributed by atoms with Gasteiger partial charge in [-0.25, -0.2) is 4.98 Å². The van der Waals surface area contributed by atoms with Crippen LogP contribution in [-0.2, 0) is 22.4 Å². The number of carbonyl (C=O) groups is 3. The molecule has 2 aromatic heterocycles. The molecular formula is C23H23ClN4O3S2. The monoisotopic (exact) mass is 502 g/mol. The van der Waals surface area contributed by atoms with Crippen molar-refractivity contribution in [2.24, 2.45) is 0 Å². The zero-order valence-corrected chi connectivity index (χ0v) is 20.1. The summed E-state index contributed by atoms with van der Waals surface area (Å²) in [6, 6.07) is 9.27. The largest absolute Gasteiger partial charge is 0.342 e. The van der Waals surface area contributed by atoms with Crippen molar-refractivity contribution in [3.05, 3.63) is 73.3 Å². The third kappa shape index (κ3) is 6.19. The van der Waals surface area contributed by atoms with Crippen LogP contribution in [0.2, 0.25) is 5.02 Å². The molecule has 3 aromatic rings. The summed E-state index contributed by atoms with van der Waals surface area (Å²) in [6.45, 7) is 1.29. The summed E-state index contributed by atoms with van der Waals surface area (Å²) in [5.41, 5.74) is 6.87. The van der Waals surface area contributed by atoms with E-state index < -0.39 is 5.91 Å². The fraction of sp³-hybridized carbons (Fsp3) is 0.304. The molecule has 1 aliphatic rings. The predicted octanol–water partition coefficient (Wildman–Crippen LogP) is 3.81. The Labute approximate surface area is 204 Å². The van der Waals surface area contributed by atoms with Crippen LogP contribution in [0.4, 0.5) is 0 Å². The smallest absolute Gasteiger partial charge is 0.289 e. The molecule has 3 amide bonds. The molecule has 0 saturated carbocycles. The Morgan fingerprint density at radius 2 is 1.85 bits per heavy atom. The summed E-state index contributed by atoms with van der Waals surface area (Å²) >= 11 is 9.13. The molecule has 0 unspecified atom stereocenters. The van der Waals surface area contributed by atoms with Gasteiger partial charge in [0, 0.05) is 29.4 Å². The van der Waals surface area contributed by atoms with Gasteiger partial charge in [0.15, 0.2) is 0 Å². The number of thiophene rings is 1. The summed E-state index contributed by atoms with van der Waals surface area (Å²) in [6.07, 6.45) is 2.09. The van der Waals surface area contributed by atoms with Gasteiger partial charge in [-0.3, -0.25) is 25.2 Å². The molecule has 1 fully saturated rings. The molecule has 0 atom stereocenters. The number of halogens is 1. The number of piperidine rings is 1. The number of aromatic nitrogens is 1. The molecule has 0 bridgehead atoms. The van der Waals surface area contributed by atoms with Crippen molar-refractivity contribution in [3.8, 4) is 0 Å². The van der Waals surface area contributed by atoms with Crippen LogP contribution in [-0.4, -0.2) is 40.7 Å². The first-order chi connectivity index (χ1) is 16.0. The number of hydrogen-bond donors (Lipinski definition) is 2. The minimum atomic E-state index is -0.441. The van der Waals surface area contributed by atoms with Gasteiger partial charge in [-0.1, -0.05) is 29.8 Å². The maximum absolute atomic E-state index is 12.7. The van der Waals surface area contributed by atoms with Crippen molar-refractivity contribution in [2.45, 2.75) is 31.6 Å². The molecule has 1 saturated heterocycles. The number of likely N-dealkylation sites (tertiary alicyclic amines) is 1. The zero-order chi connectivity index (χ0) is 23.2. The second kappa shape index (κ2) is 10.9. The van der Waals surface area contributed by atoms with E-state index in [4.69, 9.17) is 11.6 Å². The van der Waals surface area contributed by atoms with Crippen molar-refractivity contribution in [2.75, 3.05) is 13.1 Å². The Morgan fingerprint density at radius 3 is 2.58 bits per heavy atom. The molecule has 1 aliphatic heterocycles. The van der Waals surface area contributed by atoms with Gasteiger partial charge in [0.05, 0.1) is 17.8 Å². The van der Waals surface area contributed by atoms with E-state index in [0.29, 0.717) is 24.5 Å². The van der Waals surface area contributed by atoms with Crippen LogP contribution in [0.15, 0.2) is 46.5 Å². The van der Waals surface area contributed by atoms with Crippen LogP contribution < -0.4 is 10.9 Å². The van der Waals surface area contributed by atoms with Crippen molar-refractivity contribution in [3.63, 3.8) is 0 Å². The van der Waals surface area contributed by atoms with Crippen LogP contribution >= 0.6 is 34.3 Å². The van der Waals surface area contributed by atoms with E-state index in [2.05, 4.69) is 15.8 Å². The topological polar surface area (TPSA) is 91.4 Å². The summed E-state index contributed by atoms with van der Waals surface area (Å²) in [5.74, 6) is -0.456. The first kappa shape index (κ1) is 23.4. The second-order valence-corrected chi connectivity index (χ2v) is 9.88. The quantitative estimate of drug-likeness (QED) is 0.501. The van der Waals surface area contributed by atoms with Gasteiger partial charge in [-0.15, -0.1) is 11.3 Å². The zero-order valence-electron chi connectivity index (χ0n) is 17.8. The number of hydrazine groups is 1. The maximum atomic E-state index is 12.7. The third-order valence-corrected chi connectivity index (χ3v) is 7.62. The summed E-state index contributed by atoms with van der Waals surface area (Å²) in [4.78, 5) is 43.3. The van der Waals surface area contributed by atoms with Gasteiger partial charge in [0.25, 0.3) is 5.91 Å². The fourth-order valence-corrected chi connectivity index (χ4v) is 5.53. The maximum Gasteiger partial charge on any atom is 0.289 e. The molecule has 0 aliphatic carbocycles. The molecule has 3 heterocycles. The van der Waals surface area contributed by atoms with E-state index in [9.17, 15) is 14.4 Å². The minimum Gasteiger partial charge on any atom is -0.342 e. The van der Waals surface area contributed by atoms with Crippen LogP contribution in [0.25, 0.3) is 0 Å². The van der Waals surface area contributed by atoms with Gasteiger partial charge in [-0.2, -0.15) is 11.3 Å². The van der Waals surface area contributed by atoms with Crippen LogP contribution in [0, 0.1) is 0 Å². The Balaban J connectivity index is 1.24. The van der Waals surface area contributed by atoms with E-state index in [1.807, 2.05) is 39.9 Å². The van der Waals surface area contributed by atoms with Crippen molar-refractivity contribution in [1.29, 1.82) is 0 Å². The highest BCUT2D eigenvalue weighted by Gasteiger charge is 2.26. The summed E-state index contributed by atoms with van der Waals surface area (Å²) in [5, 5.41) is 6.98. The highest BCUT2D eigenvalue weighted by Crippen LogP contribution is 2.30. The Hall–Kier alpha value is -2.75. The number of benzene rings is 1. The first-order valence-corrected chi connectivity index (χ1v) is 12.8. The van der Waals surface area contributed by atoms with Gasteiger partial charge in [-0.05, 0) is 46.9 Å². The highest BCUT2D eigenvalue weighted by atomic mass is 35.5. The van der Waals surface area contributed by atoms with Gasteiger partial charge in [0.1, 0.15) is 5.69 Å². The van der Waals surface area contributed by atoms with Crippen molar-refractivity contribution >= 4 is 52.0 Å². The second-order valence-electron chi connectivity index (χ2n) is 7.80. The average Bonchev–Trinajstić information content (AvgIpc) is 3.52. The molecule has 0 radical (unpaired) electrons.